The Kier molecular flexibility index (Phi) is 4.32. The number of hydrogen-bond donors (Lipinski definition) is 1. The van der Waals surface area contributed by atoms with E-state index in [0.29, 0.717) is 17.6 Å². The molecule has 0 radical (unpaired) electrons. The molecule has 1 atom stereocenters. The third-order valence-corrected chi connectivity index (χ3v) is 3.01. The molecular formula is C13H19ClN4O2. The second kappa shape index (κ2) is 5.83. The summed E-state index contributed by atoms with van der Waals surface area (Å²) in [5.41, 5.74) is -0.488. The number of alkyl carbamates (subject to hydrolysis) is 1. The van der Waals surface area contributed by atoms with Gasteiger partial charge in [0.1, 0.15) is 10.8 Å². The number of aromatic nitrogens is 2. The van der Waals surface area contributed by atoms with E-state index in [9.17, 15) is 4.79 Å². The van der Waals surface area contributed by atoms with Crippen LogP contribution in [0.2, 0.25) is 5.15 Å². The average molecular weight is 299 g/mol. The molecule has 110 valence electrons. The van der Waals surface area contributed by atoms with Crippen LogP contribution in [0.15, 0.2) is 12.3 Å². The van der Waals surface area contributed by atoms with Crippen molar-refractivity contribution in [2.75, 3.05) is 18.0 Å². The van der Waals surface area contributed by atoms with Crippen molar-refractivity contribution in [2.24, 2.45) is 0 Å². The number of nitrogens with one attached hydrogen (secondary N) is 1. The lowest BCUT2D eigenvalue weighted by Gasteiger charge is -2.22. The SMILES string of the molecule is CC(C)(C)OC(=O)N[C@@H]1CCN(c2nccc(Cl)n2)C1. The minimum absolute atomic E-state index is 0.0347. The van der Waals surface area contributed by atoms with Crippen molar-refractivity contribution in [1.29, 1.82) is 0 Å². The molecule has 7 heteroatoms. The molecule has 1 aliphatic heterocycles. The molecule has 2 rings (SSSR count). The number of hydrogen-bond acceptors (Lipinski definition) is 5. The lowest BCUT2D eigenvalue weighted by atomic mass is 10.2. The molecular weight excluding hydrogens is 280 g/mol. The normalized spacial score (nSPS) is 19.0. The molecule has 1 aliphatic rings. The summed E-state index contributed by atoms with van der Waals surface area (Å²) in [5.74, 6) is 0.589. The van der Waals surface area contributed by atoms with Crippen LogP contribution in [0.5, 0.6) is 0 Å². The smallest absolute Gasteiger partial charge is 0.407 e. The van der Waals surface area contributed by atoms with Crippen LogP contribution in [-0.2, 0) is 4.74 Å². The van der Waals surface area contributed by atoms with E-state index >= 15 is 0 Å². The van der Waals surface area contributed by atoms with Crippen LogP contribution in [0.4, 0.5) is 10.7 Å². The first-order chi connectivity index (χ1) is 9.33. The number of ether oxygens (including phenoxy) is 1. The van der Waals surface area contributed by atoms with Crippen molar-refractivity contribution in [1.82, 2.24) is 15.3 Å². The van der Waals surface area contributed by atoms with Crippen LogP contribution in [0.3, 0.4) is 0 Å². The molecule has 6 nitrogen and oxygen atoms in total. The van der Waals surface area contributed by atoms with Gasteiger partial charge in [-0.15, -0.1) is 0 Å². The molecule has 20 heavy (non-hydrogen) atoms. The fourth-order valence-corrected chi connectivity index (χ4v) is 2.15. The van der Waals surface area contributed by atoms with Crippen LogP contribution in [0.1, 0.15) is 27.2 Å². The van der Waals surface area contributed by atoms with Gasteiger partial charge >= 0.3 is 6.09 Å². The van der Waals surface area contributed by atoms with E-state index in [1.165, 1.54) is 0 Å². The number of anilines is 1. The maximum atomic E-state index is 11.7. The van der Waals surface area contributed by atoms with Gasteiger partial charge in [-0.3, -0.25) is 0 Å². The Morgan fingerprint density at radius 1 is 1.55 bits per heavy atom. The first kappa shape index (κ1) is 14.8. The Morgan fingerprint density at radius 3 is 2.95 bits per heavy atom. The minimum Gasteiger partial charge on any atom is -0.444 e. The molecule has 0 bridgehead atoms. The summed E-state index contributed by atoms with van der Waals surface area (Å²) >= 11 is 5.85. The van der Waals surface area contributed by atoms with Crippen molar-refractivity contribution >= 4 is 23.6 Å². The predicted octanol–water partition coefficient (Wildman–Crippen LogP) is 2.23. The summed E-state index contributed by atoms with van der Waals surface area (Å²) in [4.78, 5) is 22.0. The van der Waals surface area contributed by atoms with Gasteiger partial charge in [-0.05, 0) is 33.3 Å². The van der Waals surface area contributed by atoms with E-state index in [1.54, 1.807) is 12.3 Å². The Balaban J connectivity index is 1.88. The topological polar surface area (TPSA) is 67.3 Å². The van der Waals surface area contributed by atoms with Gasteiger partial charge in [-0.1, -0.05) is 11.6 Å². The van der Waals surface area contributed by atoms with Gasteiger partial charge in [0.15, 0.2) is 0 Å². The van der Waals surface area contributed by atoms with Crippen LogP contribution in [0.25, 0.3) is 0 Å². The summed E-state index contributed by atoms with van der Waals surface area (Å²) in [5, 5.41) is 3.27. The van der Waals surface area contributed by atoms with Crippen molar-refractivity contribution in [2.45, 2.75) is 38.8 Å². The average Bonchev–Trinajstić information content (AvgIpc) is 2.74. The van der Waals surface area contributed by atoms with Crippen LogP contribution in [-0.4, -0.2) is 40.8 Å². The molecule has 0 aromatic carbocycles. The number of halogens is 1. The Hall–Kier alpha value is -1.56. The highest BCUT2D eigenvalue weighted by molar-refractivity contribution is 6.29. The van der Waals surface area contributed by atoms with Crippen molar-refractivity contribution in [3.63, 3.8) is 0 Å². The number of nitrogens with zero attached hydrogens (tertiary/aromatic N) is 3. The number of amides is 1. The lowest BCUT2D eigenvalue weighted by Crippen LogP contribution is -2.40. The zero-order valence-electron chi connectivity index (χ0n) is 11.9. The summed E-state index contributed by atoms with van der Waals surface area (Å²) in [6.45, 7) is 6.95. The van der Waals surface area contributed by atoms with Crippen LogP contribution < -0.4 is 10.2 Å². The molecule has 1 aromatic rings. The first-order valence-corrected chi connectivity index (χ1v) is 6.94. The zero-order valence-corrected chi connectivity index (χ0v) is 12.6. The third-order valence-electron chi connectivity index (χ3n) is 2.80. The molecule has 1 saturated heterocycles. The highest BCUT2D eigenvalue weighted by atomic mass is 35.5. The van der Waals surface area contributed by atoms with Gasteiger partial charge in [0.2, 0.25) is 5.95 Å². The molecule has 1 aromatic heterocycles. The summed E-state index contributed by atoms with van der Waals surface area (Å²) < 4.78 is 5.24. The molecule has 1 amide bonds. The second-order valence-electron chi connectivity index (χ2n) is 5.76. The molecule has 1 fully saturated rings. The van der Waals surface area contributed by atoms with Crippen LogP contribution in [0, 0.1) is 0 Å². The number of carbonyl (C=O) groups excluding carboxylic acids is 1. The van der Waals surface area contributed by atoms with E-state index in [2.05, 4.69) is 15.3 Å². The molecule has 1 N–H and O–H groups in total. The summed E-state index contributed by atoms with van der Waals surface area (Å²) in [6.07, 6.45) is 2.06. The van der Waals surface area contributed by atoms with Gasteiger partial charge in [0, 0.05) is 19.3 Å². The maximum Gasteiger partial charge on any atom is 0.407 e. The van der Waals surface area contributed by atoms with E-state index < -0.39 is 11.7 Å². The Bertz CT molecular complexity index is 490. The Labute approximate surface area is 123 Å². The largest absolute Gasteiger partial charge is 0.444 e. The van der Waals surface area contributed by atoms with Crippen LogP contribution >= 0.6 is 11.6 Å². The Morgan fingerprint density at radius 2 is 2.30 bits per heavy atom. The van der Waals surface area contributed by atoms with E-state index in [1.807, 2.05) is 25.7 Å². The van der Waals surface area contributed by atoms with E-state index in [-0.39, 0.29) is 6.04 Å². The highest BCUT2D eigenvalue weighted by Gasteiger charge is 2.27. The van der Waals surface area contributed by atoms with Gasteiger partial charge in [-0.25, -0.2) is 14.8 Å². The van der Waals surface area contributed by atoms with Gasteiger partial charge in [0.05, 0.1) is 6.04 Å². The van der Waals surface area contributed by atoms with Crippen molar-refractivity contribution in [3.05, 3.63) is 17.4 Å². The van der Waals surface area contributed by atoms with E-state index in [4.69, 9.17) is 16.3 Å². The quantitative estimate of drug-likeness (QED) is 0.848. The maximum absolute atomic E-state index is 11.7. The van der Waals surface area contributed by atoms with Gasteiger partial charge < -0.3 is 15.0 Å². The number of carbonyl (C=O) groups is 1. The molecule has 0 aliphatic carbocycles. The fraction of sp³-hybridized carbons (Fsp3) is 0.615. The first-order valence-electron chi connectivity index (χ1n) is 6.56. The third kappa shape index (κ3) is 4.23. The summed E-state index contributed by atoms with van der Waals surface area (Å²) in [7, 11) is 0. The molecule has 2 heterocycles. The molecule has 0 saturated carbocycles. The fourth-order valence-electron chi connectivity index (χ4n) is 2.01. The lowest BCUT2D eigenvalue weighted by molar-refractivity contribution is 0.0509. The zero-order chi connectivity index (χ0) is 14.8. The number of rotatable bonds is 2. The van der Waals surface area contributed by atoms with Gasteiger partial charge in [-0.2, -0.15) is 0 Å². The summed E-state index contributed by atoms with van der Waals surface area (Å²) in [6, 6.07) is 1.67. The van der Waals surface area contributed by atoms with E-state index in [0.717, 1.165) is 13.0 Å². The standard InChI is InChI=1S/C13H19ClN4O2/c1-13(2,3)20-12(19)16-9-5-7-18(8-9)11-15-6-4-10(14)17-11/h4,6,9H,5,7-8H2,1-3H3,(H,16,19)/t9-/m1/s1. The minimum atomic E-state index is -0.488. The predicted molar refractivity (Wildman–Crippen MR) is 77.0 cm³/mol. The van der Waals surface area contributed by atoms with Crippen molar-refractivity contribution in [3.8, 4) is 0 Å². The second-order valence-corrected chi connectivity index (χ2v) is 6.14. The highest BCUT2D eigenvalue weighted by Crippen LogP contribution is 2.18. The van der Waals surface area contributed by atoms with Gasteiger partial charge in [0.25, 0.3) is 0 Å². The monoisotopic (exact) mass is 298 g/mol. The van der Waals surface area contributed by atoms with Crippen molar-refractivity contribution < 1.29 is 9.53 Å². The molecule has 0 spiro atoms. The molecule has 0 unspecified atom stereocenters.